The number of rotatable bonds is 2. The van der Waals surface area contributed by atoms with Crippen molar-refractivity contribution in [1.82, 2.24) is 0 Å². The lowest BCUT2D eigenvalue weighted by Gasteiger charge is -2.58. The summed E-state index contributed by atoms with van der Waals surface area (Å²) in [6.07, 6.45) is -3.83. The first-order chi connectivity index (χ1) is 9.12. The number of aliphatic hydroxyl groups excluding tert-OH is 2. The summed E-state index contributed by atoms with van der Waals surface area (Å²) in [6, 6.07) is 0. The molecule has 3 saturated heterocycles. The SMILES string of the molecule is CC(C)(C)[Si](C)(C)OC1[C@H]2OC3OC([C@@H]2O)[C@H](O)[C@H]1O3. The average molecular weight is 304 g/mol. The normalized spacial score (nSPS) is 47.9. The molecule has 0 aromatic heterocycles. The molecule has 0 radical (unpaired) electrons. The van der Waals surface area contributed by atoms with Crippen LogP contribution in [-0.2, 0) is 18.6 Å². The molecule has 20 heavy (non-hydrogen) atoms. The molecule has 4 aliphatic rings. The third kappa shape index (κ3) is 2.07. The van der Waals surface area contributed by atoms with Gasteiger partial charge in [-0.1, -0.05) is 20.8 Å². The average Bonchev–Trinajstić information content (AvgIpc) is 2.32. The zero-order valence-corrected chi connectivity index (χ0v) is 13.6. The molecule has 3 heterocycles. The third-order valence-electron chi connectivity index (χ3n) is 5.04. The molecule has 4 rings (SSSR count). The fourth-order valence-corrected chi connectivity index (χ4v) is 4.06. The van der Waals surface area contributed by atoms with E-state index in [-0.39, 0.29) is 5.04 Å². The van der Waals surface area contributed by atoms with Crippen molar-refractivity contribution < 1.29 is 28.8 Å². The summed E-state index contributed by atoms with van der Waals surface area (Å²) in [4.78, 5) is 0. The fourth-order valence-electron chi connectivity index (χ4n) is 2.76. The molecule has 116 valence electrons. The predicted octanol–water partition coefficient (Wildman–Crippen LogP) is 0.579. The van der Waals surface area contributed by atoms with Crippen LogP contribution in [0, 0.1) is 0 Å². The van der Waals surface area contributed by atoms with Crippen LogP contribution in [0.15, 0.2) is 0 Å². The van der Waals surface area contributed by atoms with E-state index in [0.29, 0.717) is 0 Å². The zero-order chi connectivity index (χ0) is 14.9. The Morgan fingerprint density at radius 1 is 0.900 bits per heavy atom. The summed E-state index contributed by atoms with van der Waals surface area (Å²) in [5.41, 5.74) is 0. The second-order valence-electron chi connectivity index (χ2n) is 7.41. The first-order valence-corrected chi connectivity index (χ1v) is 10.0. The Labute approximate surface area is 120 Å². The van der Waals surface area contributed by atoms with Gasteiger partial charge in [-0.15, -0.1) is 0 Å². The summed E-state index contributed by atoms with van der Waals surface area (Å²) in [5.74, 6) is 0. The maximum Gasteiger partial charge on any atom is 0.272 e. The van der Waals surface area contributed by atoms with Crippen molar-refractivity contribution in [2.45, 2.75) is 82.0 Å². The van der Waals surface area contributed by atoms with Crippen LogP contribution in [0.2, 0.25) is 18.1 Å². The van der Waals surface area contributed by atoms with E-state index in [4.69, 9.17) is 18.6 Å². The van der Waals surface area contributed by atoms with E-state index < -0.39 is 51.4 Å². The minimum Gasteiger partial charge on any atom is -0.408 e. The third-order valence-corrected chi connectivity index (χ3v) is 9.51. The lowest BCUT2D eigenvalue weighted by molar-refractivity contribution is -0.479. The van der Waals surface area contributed by atoms with Crippen molar-refractivity contribution >= 4 is 8.32 Å². The van der Waals surface area contributed by atoms with Crippen molar-refractivity contribution in [3.8, 4) is 0 Å². The van der Waals surface area contributed by atoms with Crippen LogP contribution in [0.1, 0.15) is 20.8 Å². The lowest BCUT2D eigenvalue weighted by Crippen LogP contribution is -2.76. The highest BCUT2D eigenvalue weighted by atomic mass is 28.4. The molecule has 4 fully saturated rings. The summed E-state index contributed by atoms with van der Waals surface area (Å²) in [5, 5.41) is 20.5. The Morgan fingerprint density at radius 2 is 1.35 bits per heavy atom. The van der Waals surface area contributed by atoms with E-state index in [1.54, 1.807) is 0 Å². The van der Waals surface area contributed by atoms with Gasteiger partial charge in [0.05, 0.1) is 0 Å². The molecule has 3 aliphatic heterocycles. The van der Waals surface area contributed by atoms with Crippen molar-refractivity contribution in [3.63, 3.8) is 0 Å². The fraction of sp³-hybridized carbons (Fsp3) is 1.00. The summed E-state index contributed by atoms with van der Waals surface area (Å²) in [6.45, 7) is 9.91. The highest BCUT2D eigenvalue weighted by molar-refractivity contribution is 6.74. The summed E-state index contributed by atoms with van der Waals surface area (Å²) < 4.78 is 22.7. The largest absolute Gasteiger partial charge is 0.408 e. The Bertz CT molecular complexity index is 375. The highest BCUT2D eigenvalue weighted by Crippen LogP contribution is 2.45. The molecule has 7 heteroatoms. The molecular formula is C13H24O6Si. The van der Waals surface area contributed by atoms with Gasteiger partial charge in [-0.2, -0.15) is 0 Å². The van der Waals surface area contributed by atoms with Crippen LogP contribution in [-0.4, -0.2) is 61.6 Å². The number of aliphatic hydroxyl groups is 2. The van der Waals surface area contributed by atoms with Crippen LogP contribution >= 0.6 is 0 Å². The topological polar surface area (TPSA) is 77.4 Å². The number of hydrogen-bond donors (Lipinski definition) is 2. The minimum absolute atomic E-state index is 0.0358. The molecule has 1 saturated carbocycles. The number of ether oxygens (including phenoxy) is 3. The van der Waals surface area contributed by atoms with E-state index in [1.807, 2.05) is 0 Å². The summed E-state index contributed by atoms with van der Waals surface area (Å²) >= 11 is 0. The maximum atomic E-state index is 10.2. The highest BCUT2D eigenvalue weighted by Gasteiger charge is 2.63. The zero-order valence-electron chi connectivity index (χ0n) is 12.6. The van der Waals surface area contributed by atoms with Crippen LogP contribution in [0.5, 0.6) is 0 Å². The van der Waals surface area contributed by atoms with Gasteiger partial charge in [0.15, 0.2) is 8.32 Å². The van der Waals surface area contributed by atoms with Crippen LogP contribution < -0.4 is 0 Å². The van der Waals surface area contributed by atoms with E-state index in [9.17, 15) is 10.2 Å². The smallest absolute Gasteiger partial charge is 0.272 e. The lowest BCUT2D eigenvalue weighted by atomic mass is 9.83. The minimum atomic E-state index is -2.05. The van der Waals surface area contributed by atoms with Gasteiger partial charge in [0.1, 0.15) is 36.6 Å². The maximum absolute atomic E-state index is 10.2. The second-order valence-corrected chi connectivity index (χ2v) is 12.2. The first-order valence-electron chi connectivity index (χ1n) is 7.12. The summed E-state index contributed by atoms with van der Waals surface area (Å²) in [7, 11) is -2.05. The number of hydrogen-bond acceptors (Lipinski definition) is 6. The first kappa shape index (κ1) is 14.9. The van der Waals surface area contributed by atoms with Gasteiger partial charge in [-0.3, -0.25) is 0 Å². The molecule has 0 spiro atoms. The van der Waals surface area contributed by atoms with E-state index >= 15 is 0 Å². The molecule has 1 aliphatic carbocycles. The van der Waals surface area contributed by atoms with Crippen LogP contribution in [0.25, 0.3) is 0 Å². The Balaban J connectivity index is 1.84. The van der Waals surface area contributed by atoms with E-state index in [2.05, 4.69) is 33.9 Å². The van der Waals surface area contributed by atoms with E-state index in [0.717, 1.165) is 0 Å². The molecule has 6 nitrogen and oxygen atoms in total. The van der Waals surface area contributed by atoms with Gasteiger partial charge in [0.25, 0.3) is 6.48 Å². The molecule has 0 aromatic carbocycles. The molecule has 4 bridgehead atoms. The molecule has 0 amide bonds. The van der Waals surface area contributed by atoms with E-state index in [1.165, 1.54) is 0 Å². The van der Waals surface area contributed by atoms with Crippen molar-refractivity contribution in [3.05, 3.63) is 0 Å². The second kappa shape index (κ2) is 4.49. The monoisotopic (exact) mass is 304 g/mol. The van der Waals surface area contributed by atoms with Crippen molar-refractivity contribution in [2.24, 2.45) is 0 Å². The molecular weight excluding hydrogens is 280 g/mol. The van der Waals surface area contributed by atoms with Gasteiger partial charge < -0.3 is 28.8 Å². The Hall–Kier alpha value is -0.0231. The van der Waals surface area contributed by atoms with Gasteiger partial charge in [-0.05, 0) is 18.1 Å². The predicted molar refractivity (Wildman–Crippen MR) is 72.5 cm³/mol. The molecule has 2 N–H and O–H groups in total. The Morgan fingerprint density at radius 3 is 1.80 bits per heavy atom. The Kier molecular flexibility index (Phi) is 3.34. The van der Waals surface area contributed by atoms with Crippen molar-refractivity contribution in [1.29, 1.82) is 0 Å². The standard InChI is InChI=1S/C13H24O6Si/c1-13(2,3)20(4,5)19-11-9-6(14)8-7(15)10(11)18-12(16-8)17-9/h6-12,14-15H,1-5H3/t6-,7-,8?,9-,10+,11?,12?/m0/s1. The van der Waals surface area contributed by atoms with Crippen molar-refractivity contribution in [2.75, 3.05) is 0 Å². The van der Waals surface area contributed by atoms with Gasteiger partial charge in [0.2, 0.25) is 0 Å². The molecule has 3 unspecified atom stereocenters. The van der Waals surface area contributed by atoms with Gasteiger partial charge >= 0.3 is 0 Å². The quantitative estimate of drug-likeness (QED) is 0.727. The molecule has 0 aromatic rings. The van der Waals surface area contributed by atoms with Crippen LogP contribution in [0.3, 0.4) is 0 Å². The van der Waals surface area contributed by atoms with Gasteiger partial charge in [-0.25, -0.2) is 0 Å². The molecule has 7 atom stereocenters. The van der Waals surface area contributed by atoms with Crippen LogP contribution in [0.4, 0.5) is 0 Å². The van der Waals surface area contributed by atoms with Gasteiger partial charge in [0, 0.05) is 0 Å².